The van der Waals surface area contributed by atoms with E-state index in [0.29, 0.717) is 39.1 Å². The van der Waals surface area contributed by atoms with Gasteiger partial charge in [-0.3, -0.25) is 15.1 Å². The fourth-order valence-corrected chi connectivity index (χ4v) is 5.43. The number of aromatic nitrogens is 2. The predicted molar refractivity (Wildman–Crippen MR) is 142 cm³/mol. The zero-order chi connectivity index (χ0) is 25.2. The van der Waals surface area contributed by atoms with E-state index in [2.05, 4.69) is 21.3 Å². The molecule has 0 saturated carbocycles. The van der Waals surface area contributed by atoms with Crippen LogP contribution in [0.3, 0.4) is 0 Å². The molecule has 1 N–H and O–H groups in total. The highest BCUT2D eigenvalue weighted by Crippen LogP contribution is 2.36. The number of hydrogen-bond donors (Lipinski definition) is 1. The standard InChI is InChI=1S/C27H22ClN5O2S/c1-16-11-20(21-12-18(28)5-8-24(21)35-2)22(14-30-16)26(34)32-27-31-23-9-10-33(15-25(23)36-27)19-6-3-17(13-29)4-7-19/h3-8,11-12,14H,9-10,15H2,1-2H3,(H,31,32,34). The average molecular weight is 516 g/mol. The van der Waals surface area contributed by atoms with Crippen LogP contribution in [-0.2, 0) is 13.0 Å². The number of carbonyl (C=O) groups excluding carboxylic acids is 1. The average Bonchev–Trinajstić information content (AvgIpc) is 3.30. The number of anilines is 2. The molecule has 0 bridgehead atoms. The summed E-state index contributed by atoms with van der Waals surface area (Å²) in [5.74, 6) is 0.321. The number of rotatable bonds is 5. The minimum atomic E-state index is -0.297. The molecule has 4 aromatic rings. The molecule has 1 amide bonds. The van der Waals surface area contributed by atoms with E-state index in [1.807, 2.05) is 37.3 Å². The van der Waals surface area contributed by atoms with Crippen molar-refractivity contribution in [2.45, 2.75) is 19.9 Å². The van der Waals surface area contributed by atoms with Crippen molar-refractivity contribution in [2.75, 3.05) is 23.9 Å². The van der Waals surface area contributed by atoms with Crippen LogP contribution >= 0.6 is 22.9 Å². The molecule has 5 rings (SSSR count). The second-order valence-electron chi connectivity index (χ2n) is 8.39. The Balaban J connectivity index is 1.39. The van der Waals surface area contributed by atoms with Crippen LogP contribution in [0.5, 0.6) is 5.75 Å². The molecule has 1 aliphatic heterocycles. The third-order valence-corrected chi connectivity index (χ3v) is 7.28. The fourth-order valence-electron chi connectivity index (χ4n) is 4.23. The monoisotopic (exact) mass is 515 g/mol. The van der Waals surface area contributed by atoms with E-state index >= 15 is 0 Å². The first kappa shape index (κ1) is 23.8. The second-order valence-corrected chi connectivity index (χ2v) is 9.91. The van der Waals surface area contributed by atoms with Crippen molar-refractivity contribution in [1.29, 1.82) is 5.26 Å². The third kappa shape index (κ3) is 4.76. The van der Waals surface area contributed by atoms with Crippen molar-refractivity contribution in [1.82, 2.24) is 9.97 Å². The van der Waals surface area contributed by atoms with E-state index in [9.17, 15) is 4.79 Å². The third-order valence-electron chi connectivity index (χ3n) is 6.05. The molecular weight excluding hydrogens is 494 g/mol. The van der Waals surface area contributed by atoms with Crippen LogP contribution in [0.2, 0.25) is 5.02 Å². The Kier molecular flexibility index (Phi) is 6.59. The number of nitrogens with zero attached hydrogens (tertiary/aromatic N) is 4. The Morgan fingerprint density at radius 1 is 1.19 bits per heavy atom. The van der Waals surface area contributed by atoms with Gasteiger partial charge in [0.1, 0.15) is 5.75 Å². The summed E-state index contributed by atoms with van der Waals surface area (Å²) in [5, 5.41) is 13.1. The minimum Gasteiger partial charge on any atom is -0.496 e. The molecule has 7 nitrogen and oxygen atoms in total. The summed E-state index contributed by atoms with van der Waals surface area (Å²) >= 11 is 7.73. The Morgan fingerprint density at radius 2 is 2.00 bits per heavy atom. The lowest BCUT2D eigenvalue weighted by molar-refractivity contribution is 0.102. The van der Waals surface area contributed by atoms with E-state index in [-0.39, 0.29) is 5.91 Å². The zero-order valence-electron chi connectivity index (χ0n) is 19.7. The minimum absolute atomic E-state index is 0.297. The molecule has 1 aliphatic rings. The van der Waals surface area contributed by atoms with E-state index in [1.54, 1.807) is 31.5 Å². The van der Waals surface area contributed by atoms with Crippen molar-refractivity contribution in [2.24, 2.45) is 0 Å². The first-order valence-corrected chi connectivity index (χ1v) is 12.5. The van der Waals surface area contributed by atoms with Crippen molar-refractivity contribution in [3.05, 3.63) is 87.1 Å². The Morgan fingerprint density at radius 3 is 2.75 bits per heavy atom. The highest BCUT2D eigenvalue weighted by Gasteiger charge is 2.23. The molecule has 0 fully saturated rings. The van der Waals surface area contributed by atoms with Gasteiger partial charge in [0.05, 0.1) is 36.5 Å². The van der Waals surface area contributed by atoms with Gasteiger partial charge in [0, 0.05) is 51.6 Å². The summed E-state index contributed by atoms with van der Waals surface area (Å²) in [6, 6.07) is 16.9. The van der Waals surface area contributed by atoms with Crippen molar-refractivity contribution in [3.63, 3.8) is 0 Å². The predicted octanol–water partition coefficient (Wildman–Crippen LogP) is 5.86. The van der Waals surface area contributed by atoms with Gasteiger partial charge >= 0.3 is 0 Å². The van der Waals surface area contributed by atoms with Gasteiger partial charge in [-0.05, 0) is 55.5 Å². The lowest BCUT2D eigenvalue weighted by Gasteiger charge is -2.28. The van der Waals surface area contributed by atoms with Gasteiger partial charge in [0.2, 0.25) is 0 Å². The van der Waals surface area contributed by atoms with Crippen molar-refractivity contribution < 1.29 is 9.53 Å². The Bertz CT molecular complexity index is 1490. The summed E-state index contributed by atoms with van der Waals surface area (Å²) in [7, 11) is 1.59. The van der Waals surface area contributed by atoms with Gasteiger partial charge in [0.25, 0.3) is 5.91 Å². The van der Waals surface area contributed by atoms with Crippen LogP contribution < -0.4 is 15.0 Å². The number of halogens is 1. The number of fused-ring (bicyclic) bond motifs is 1. The van der Waals surface area contributed by atoms with Crippen molar-refractivity contribution >= 4 is 39.7 Å². The number of nitriles is 1. The summed E-state index contributed by atoms with van der Waals surface area (Å²) in [5.41, 5.74) is 5.29. The van der Waals surface area contributed by atoms with Crippen LogP contribution in [-0.4, -0.2) is 29.5 Å². The molecule has 0 atom stereocenters. The number of amides is 1. The van der Waals surface area contributed by atoms with Gasteiger partial charge in [-0.25, -0.2) is 4.98 Å². The number of hydrogen-bond acceptors (Lipinski definition) is 7. The van der Waals surface area contributed by atoms with Gasteiger partial charge in [-0.2, -0.15) is 5.26 Å². The molecule has 9 heteroatoms. The highest BCUT2D eigenvalue weighted by atomic mass is 35.5. The summed E-state index contributed by atoms with van der Waals surface area (Å²) in [4.78, 5) is 25.8. The SMILES string of the molecule is COc1ccc(Cl)cc1-c1cc(C)ncc1C(=O)Nc1nc2c(s1)CN(c1ccc(C#N)cc1)CC2. The molecule has 0 unspecified atom stereocenters. The molecular formula is C27H22ClN5O2S. The lowest BCUT2D eigenvalue weighted by atomic mass is 9.99. The van der Waals surface area contributed by atoms with Crippen LogP contribution in [0.25, 0.3) is 11.1 Å². The number of pyridine rings is 1. The molecule has 3 heterocycles. The van der Waals surface area contributed by atoms with Crippen LogP contribution in [0, 0.1) is 18.3 Å². The van der Waals surface area contributed by atoms with Gasteiger partial charge in [-0.15, -0.1) is 0 Å². The normalized spacial score (nSPS) is 12.6. The molecule has 0 spiro atoms. The summed E-state index contributed by atoms with van der Waals surface area (Å²) < 4.78 is 5.52. The highest BCUT2D eigenvalue weighted by molar-refractivity contribution is 7.15. The maximum Gasteiger partial charge on any atom is 0.259 e. The second kappa shape index (κ2) is 9.97. The van der Waals surface area contributed by atoms with E-state index < -0.39 is 0 Å². The van der Waals surface area contributed by atoms with E-state index in [4.69, 9.17) is 26.6 Å². The number of aryl methyl sites for hydroxylation is 1. The number of thiazole rings is 1. The zero-order valence-corrected chi connectivity index (χ0v) is 21.3. The quantitative estimate of drug-likeness (QED) is 0.358. The number of carbonyl (C=O) groups is 1. The maximum atomic E-state index is 13.4. The summed E-state index contributed by atoms with van der Waals surface area (Å²) in [6.07, 6.45) is 2.35. The molecule has 2 aromatic heterocycles. The lowest BCUT2D eigenvalue weighted by Crippen LogP contribution is -2.29. The van der Waals surface area contributed by atoms with E-state index in [0.717, 1.165) is 40.5 Å². The van der Waals surface area contributed by atoms with Crippen LogP contribution in [0.4, 0.5) is 10.8 Å². The van der Waals surface area contributed by atoms with Gasteiger partial charge in [-0.1, -0.05) is 22.9 Å². The Hall–Kier alpha value is -3.93. The fraction of sp³-hybridized carbons (Fsp3) is 0.185. The van der Waals surface area contributed by atoms with Gasteiger partial charge in [0.15, 0.2) is 5.13 Å². The Labute approximate surface area is 218 Å². The molecule has 0 aliphatic carbocycles. The van der Waals surface area contributed by atoms with E-state index in [1.165, 1.54) is 11.3 Å². The smallest absolute Gasteiger partial charge is 0.259 e. The number of methoxy groups -OCH3 is 1. The molecule has 0 radical (unpaired) electrons. The first-order valence-electron chi connectivity index (χ1n) is 11.3. The van der Waals surface area contributed by atoms with Crippen LogP contribution in [0.1, 0.15) is 32.2 Å². The molecule has 0 saturated heterocycles. The molecule has 36 heavy (non-hydrogen) atoms. The number of nitrogens with one attached hydrogen (secondary N) is 1. The topological polar surface area (TPSA) is 91.1 Å². The molecule has 2 aromatic carbocycles. The molecule has 180 valence electrons. The maximum absolute atomic E-state index is 13.4. The summed E-state index contributed by atoms with van der Waals surface area (Å²) in [6.45, 7) is 3.39. The van der Waals surface area contributed by atoms with Crippen LogP contribution in [0.15, 0.2) is 54.7 Å². The van der Waals surface area contributed by atoms with Gasteiger partial charge < -0.3 is 9.64 Å². The number of benzene rings is 2. The number of ether oxygens (including phenoxy) is 1. The first-order chi connectivity index (χ1) is 17.4. The largest absolute Gasteiger partial charge is 0.496 e. The van der Waals surface area contributed by atoms with Crippen molar-refractivity contribution in [3.8, 4) is 22.9 Å².